The summed E-state index contributed by atoms with van der Waals surface area (Å²) in [5.41, 5.74) is 12.3. The predicted molar refractivity (Wildman–Crippen MR) is 92.3 cm³/mol. The summed E-state index contributed by atoms with van der Waals surface area (Å²) in [7, 11) is 0. The van der Waals surface area contributed by atoms with E-state index in [-0.39, 0.29) is 6.61 Å². The van der Waals surface area contributed by atoms with E-state index in [1.54, 1.807) is 6.08 Å². The highest BCUT2D eigenvalue weighted by Gasteiger charge is 2.09. The number of aryl methyl sites for hydroxylation is 2. The third-order valence-electron chi connectivity index (χ3n) is 3.56. The van der Waals surface area contributed by atoms with Gasteiger partial charge >= 0.3 is 0 Å². The molecule has 0 radical (unpaired) electrons. The molecule has 1 aromatic carbocycles. The van der Waals surface area contributed by atoms with Crippen molar-refractivity contribution < 1.29 is 14.4 Å². The van der Waals surface area contributed by atoms with Crippen LogP contribution < -0.4 is 11.2 Å². The van der Waals surface area contributed by atoms with Gasteiger partial charge in [0.15, 0.2) is 6.61 Å². The van der Waals surface area contributed by atoms with Crippen LogP contribution in [0.4, 0.5) is 0 Å². The van der Waals surface area contributed by atoms with Gasteiger partial charge < -0.3 is 10.3 Å². The predicted octanol–water partition coefficient (Wildman–Crippen LogP) is 1.95. The van der Waals surface area contributed by atoms with E-state index < -0.39 is 11.8 Å². The van der Waals surface area contributed by atoms with Crippen LogP contribution in [0.3, 0.4) is 0 Å². The van der Waals surface area contributed by atoms with E-state index in [1.807, 2.05) is 26.8 Å². The molecule has 6 nitrogen and oxygen atoms in total. The van der Waals surface area contributed by atoms with Gasteiger partial charge in [0.05, 0.1) is 0 Å². The number of nitrogens with one attached hydrogen (secondary N) is 1. The van der Waals surface area contributed by atoms with Crippen LogP contribution in [0, 0.1) is 20.8 Å². The van der Waals surface area contributed by atoms with Crippen LogP contribution in [0.1, 0.15) is 22.5 Å². The number of carbonyl (C=O) groups is 2. The minimum absolute atomic E-state index is 0.360. The summed E-state index contributed by atoms with van der Waals surface area (Å²) in [6, 6.07) is 10.3. The molecule has 0 unspecified atom stereocenters. The summed E-state index contributed by atoms with van der Waals surface area (Å²) in [6.45, 7) is 5.70. The molecule has 0 bridgehead atoms. The highest BCUT2D eigenvalue weighted by Crippen LogP contribution is 2.22. The van der Waals surface area contributed by atoms with E-state index >= 15 is 0 Å². The molecule has 2 rings (SSSR count). The van der Waals surface area contributed by atoms with Crippen molar-refractivity contribution >= 4 is 17.9 Å². The Hall–Kier alpha value is -2.86. The Morgan fingerprint density at radius 1 is 1.21 bits per heavy atom. The Morgan fingerprint density at radius 2 is 1.88 bits per heavy atom. The summed E-state index contributed by atoms with van der Waals surface area (Å²) in [4.78, 5) is 26.8. The van der Waals surface area contributed by atoms with Crippen molar-refractivity contribution in [2.24, 2.45) is 5.73 Å². The summed E-state index contributed by atoms with van der Waals surface area (Å²) in [6.07, 6.45) is 3.05. The van der Waals surface area contributed by atoms with Gasteiger partial charge in [-0.3, -0.25) is 14.4 Å². The summed E-state index contributed by atoms with van der Waals surface area (Å²) in [5.74, 6) is -1.11. The summed E-state index contributed by atoms with van der Waals surface area (Å²) >= 11 is 0. The Balaban J connectivity index is 2.13. The monoisotopic (exact) mass is 327 g/mol. The average molecular weight is 327 g/mol. The zero-order valence-corrected chi connectivity index (χ0v) is 14.0. The van der Waals surface area contributed by atoms with E-state index in [0.717, 1.165) is 22.6 Å². The van der Waals surface area contributed by atoms with Gasteiger partial charge in [-0.25, -0.2) is 5.48 Å². The molecular formula is C18H21N3O3. The third-order valence-corrected chi connectivity index (χ3v) is 3.56. The number of hydrogen-bond donors (Lipinski definition) is 2. The number of hydroxylamine groups is 1. The fraction of sp³-hybridized carbons (Fsp3) is 0.222. The molecule has 1 heterocycles. The number of amides is 2. The quantitative estimate of drug-likeness (QED) is 0.628. The van der Waals surface area contributed by atoms with E-state index in [1.165, 1.54) is 11.6 Å². The topological polar surface area (TPSA) is 86.3 Å². The lowest BCUT2D eigenvalue weighted by Gasteiger charge is -2.09. The van der Waals surface area contributed by atoms with Crippen molar-refractivity contribution in [2.45, 2.75) is 20.8 Å². The molecule has 24 heavy (non-hydrogen) atoms. The van der Waals surface area contributed by atoms with Crippen LogP contribution in [0.5, 0.6) is 0 Å². The van der Waals surface area contributed by atoms with Gasteiger partial charge in [-0.15, -0.1) is 0 Å². The van der Waals surface area contributed by atoms with Crippen LogP contribution >= 0.6 is 0 Å². The molecule has 0 saturated heterocycles. The van der Waals surface area contributed by atoms with E-state index in [0.29, 0.717) is 0 Å². The molecule has 2 aromatic rings. The Kier molecular flexibility index (Phi) is 5.55. The van der Waals surface area contributed by atoms with Crippen LogP contribution in [0.25, 0.3) is 11.8 Å². The van der Waals surface area contributed by atoms with E-state index in [2.05, 4.69) is 39.2 Å². The molecule has 0 fully saturated rings. The molecular weight excluding hydrogens is 306 g/mol. The second-order valence-electron chi connectivity index (χ2n) is 5.55. The van der Waals surface area contributed by atoms with Crippen molar-refractivity contribution in [3.63, 3.8) is 0 Å². The third kappa shape index (κ3) is 4.33. The first-order chi connectivity index (χ1) is 11.4. The number of carbonyl (C=O) groups excluding carboxylic acids is 2. The zero-order chi connectivity index (χ0) is 17.7. The second kappa shape index (κ2) is 7.61. The van der Waals surface area contributed by atoms with Gasteiger partial charge in [0, 0.05) is 23.2 Å². The summed E-state index contributed by atoms with van der Waals surface area (Å²) in [5, 5.41) is 0. The van der Waals surface area contributed by atoms with Crippen LogP contribution in [-0.4, -0.2) is 23.0 Å². The van der Waals surface area contributed by atoms with Crippen molar-refractivity contribution in [1.29, 1.82) is 0 Å². The van der Waals surface area contributed by atoms with Crippen LogP contribution in [0.2, 0.25) is 0 Å². The number of benzene rings is 1. The first-order valence-electron chi connectivity index (χ1n) is 7.52. The summed E-state index contributed by atoms with van der Waals surface area (Å²) < 4.78 is 2.13. The number of hydrogen-bond acceptors (Lipinski definition) is 3. The van der Waals surface area contributed by atoms with Crippen molar-refractivity contribution in [2.75, 3.05) is 6.61 Å². The van der Waals surface area contributed by atoms with Gasteiger partial charge in [0.2, 0.25) is 5.91 Å². The number of rotatable bonds is 6. The lowest BCUT2D eigenvalue weighted by molar-refractivity contribution is -0.134. The smallest absolute Gasteiger partial charge is 0.267 e. The van der Waals surface area contributed by atoms with Gasteiger partial charge in [0.1, 0.15) is 0 Å². The van der Waals surface area contributed by atoms with Gasteiger partial charge in [-0.1, -0.05) is 17.7 Å². The molecule has 2 amide bonds. The molecule has 126 valence electrons. The molecule has 3 N–H and O–H groups in total. The first kappa shape index (κ1) is 17.5. The minimum atomic E-state index is -0.652. The Labute approximate surface area is 140 Å². The van der Waals surface area contributed by atoms with Crippen molar-refractivity contribution in [3.05, 3.63) is 58.9 Å². The maximum atomic E-state index is 11.6. The van der Waals surface area contributed by atoms with Crippen molar-refractivity contribution in [3.8, 4) is 5.69 Å². The second-order valence-corrected chi connectivity index (χ2v) is 5.55. The number of nitrogens with zero attached hydrogens (tertiary/aromatic N) is 1. The molecule has 0 saturated carbocycles. The molecule has 0 atom stereocenters. The van der Waals surface area contributed by atoms with Crippen LogP contribution in [0.15, 0.2) is 36.4 Å². The highest BCUT2D eigenvalue weighted by atomic mass is 16.7. The number of aromatic nitrogens is 1. The highest BCUT2D eigenvalue weighted by molar-refractivity contribution is 5.91. The Bertz CT molecular complexity index is 774. The molecule has 0 spiro atoms. The molecule has 0 aliphatic rings. The fourth-order valence-corrected chi connectivity index (χ4v) is 2.43. The zero-order valence-electron chi connectivity index (χ0n) is 14.0. The van der Waals surface area contributed by atoms with Gasteiger partial charge in [0.25, 0.3) is 5.91 Å². The lowest BCUT2D eigenvalue weighted by Crippen LogP contribution is -2.28. The standard InChI is InChI=1S/C18H21N3O3/c1-12-4-7-16(8-5-12)21-13(2)10-15(14(21)3)6-9-18(23)20-24-11-17(19)22/h4-10H,11H2,1-3H3,(H2,19,22)(H,20,23). The van der Waals surface area contributed by atoms with Crippen molar-refractivity contribution in [1.82, 2.24) is 10.0 Å². The SMILES string of the molecule is Cc1ccc(-n2c(C)cc(C=CC(=O)NOCC(N)=O)c2C)cc1. The van der Waals surface area contributed by atoms with E-state index in [9.17, 15) is 9.59 Å². The number of primary amides is 1. The first-order valence-corrected chi connectivity index (χ1v) is 7.52. The van der Waals surface area contributed by atoms with Gasteiger partial charge in [-0.2, -0.15) is 0 Å². The minimum Gasteiger partial charge on any atom is -0.368 e. The van der Waals surface area contributed by atoms with Crippen LogP contribution in [-0.2, 0) is 14.4 Å². The molecule has 6 heteroatoms. The fourth-order valence-electron chi connectivity index (χ4n) is 2.43. The molecule has 0 aliphatic carbocycles. The molecule has 1 aromatic heterocycles. The largest absolute Gasteiger partial charge is 0.368 e. The number of nitrogens with two attached hydrogens (primary N) is 1. The van der Waals surface area contributed by atoms with E-state index in [4.69, 9.17) is 5.73 Å². The average Bonchev–Trinajstić information content (AvgIpc) is 2.80. The maximum absolute atomic E-state index is 11.6. The van der Waals surface area contributed by atoms with Gasteiger partial charge in [-0.05, 0) is 50.6 Å². The maximum Gasteiger partial charge on any atom is 0.267 e. The molecule has 0 aliphatic heterocycles. The normalized spacial score (nSPS) is 11.0. The lowest BCUT2D eigenvalue weighted by atomic mass is 10.2. The Morgan fingerprint density at radius 3 is 2.50 bits per heavy atom.